The fourth-order valence-electron chi connectivity index (χ4n) is 6.26. The van der Waals surface area contributed by atoms with Crippen molar-refractivity contribution in [2.24, 2.45) is 20.0 Å². The number of benzene rings is 1. The van der Waals surface area contributed by atoms with Crippen LogP contribution in [0.2, 0.25) is 0 Å². The number of rotatable bonds is 4. The molecular weight excluding hydrogens is 591 g/mol. The molecule has 8 bridgehead atoms. The maximum Gasteiger partial charge on any atom is 0.0831 e. The Hall–Kier alpha value is -6.73. The van der Waals surface area contributed by atoms with Gasteiger partial charge in [-0.25, -0.2) is 20.0 Å². The molecule has 0 saturated heterocycles. The molecule has 0 radical (unpaired) electrons. The van der Waals surface area contributed by atoms with Crippen molar-refractivity contribution in [2.45, 2.75) is 0 Å². The first-order chi connectivity index (χ1) is 23.8. The molecule has 0 spiro atoms. The summed E-state index contributed by atoms with van der Waals surface area (Å²) in [6.45, 7) is 0. The van der Waals surface area contributed by atoms with Gasteiger partial charge in [-0.15, -0.1) is 0 Å². The maximum atomic E-state index is 5.27. The van der Waals surface area contributed by atoms with Crippen molar-refractivity contribution < 1.29 is 0 Å². The average Bonchev–Trinajstić information content (AvgIpc) is 3.97. The summed E-state index contributed by atoms with van der Waals surface area (Å²) in [5.41, 5.74) is 13.1. The summed E-state index contributed by atoms with van der Waals surface area (Å²) in [5.74, 6) is 0. The van der Waals surface area contributed by atoms with Crippen molar-refractivity contribution in [1.29, 1.82) is 0 Å². The topological polar surface area (TPSA) is 88.1 Å². The number of allylic oxidation sites excluding steroid dienone is 12. The van der Waals surface area contributed by atoms with Crippen molar-refractivity contribution in [3.8, 4) is 0 Å². The summed E-state index contributed by atoms with van der Waals surface area (Å²) < 4.78 is 0. The highest BCUT2D eigenvalue weighted by Crippen LogP contribution is 2.38. The van der Waals surface area contributed by atoms with Crippen LogP contribution in [0.5, 0.6) is 0 Å². The molecule has 5 aliphatic heterocycles. The molecule has 0 atom stereocenters. The largest absolute Gasteiger partial charge is 0.256 e. The van der Waals surface area contributed by atoms with Crippen LogP contribution in [0.3, 0.4) is 0 Å². The standard InChI is InChI=1S/C41H25N7/c1-2-10-26(11-3-1)29-25-28-24-27-15-16-33(45-27)38(30-12-4-7-21-42-30)34-17-18-35(47-34)39(31-13-5-8-22-43-31)36-19-20-37(48-36)40(41(29)46-28)32-14-6-9-23-44-32/h1-25H. The van der Waals surface area contributed by atoms with Crippen molar-refractivity contribution >= 4 is 45.1 Å². The first-order valence-electron chi connectivity index (χ1n) is 15.6. The van der Waals surface area contributed by atoms with E-state index in [1.165, 1.54) is 0 Å². The van der Waals surface area contributed by atoms with Crippen LogP contribution in [-0.2, 0) is 0 Å². The minimum Gasteiger partial charge on any atom is -0.256 e. The monoisotopic (exact) mass is 615 g/mol. The lowest BCUT2D eigenvalue weighted by Crippen LogP contribution is -2.07. The normalized spacial score (nSPS) is 17.8. The molecule has 3 aromatic heterocycles. The minimum absolute atomic E-state index is 0.751. The molecule has 7 nitrogen and oxygen atoms in total. The molecule has 48 heavy (non-hydrogen) atoms. The van der Waals surface area contributed by atoms with Crippen LogP contribution in [0, 0.1) is 0 Å². The van der Waals surface area contributed by atoms with Crippen LogP contribution >= 0.6 is 0 Å². The van der Waals surface area contributed by atoms with Crippen LogP contribution in [0.4, 0.5) is 0 Å². The molecule has 0 aliphatic carbocycles. The quantitative estimate of drug-likeness (QED) is 0.234. The number of hydrogen-bond acceptors (Lipinski definition) is 7. The molecule has 5 aliphatic rings. The number of hydrogen-bond donors (Lipinski definition) is 0. The zero-order chi connectivity index (χ0) is 31.9. The number of nitrogens with zero attached hydrogens (tertiary/aromatic N) is 7. The zero-order valence-electron chi connectivity index (χ0n) is 25.6. The van der Waals surface area contributed by atoms with Crippen LogP contribution in [0.1, 0.15) is 22.6 Å². The summed E-state index contributed by atoms with van der Waals surface area (Å²) >= 11 is 0. The molecule has 9 rings (SSSR count). The summed E-state index contributed by atoms with van der Waals surface area (Å²) in [7, 11) is 0. The van der Waals surface area contributed by atoms with Gasteiger partial charge in [0.1, 0.15) is 0 Å². The summed E-state index contributed by atoms with van der Waals surface area (Å²) in [6.07, 6.45) is 21.6. The van der Waals surface area contributed by atoms with Gasteiger partial charge in [-0.2, -0.15) is 0 Å². The molecule has 0 fully saturated rings. The van der Waals surface area contributed by atoms with Crippen LogP contribution < -0.4 is 0 Å². The van der Waals surface area contributed by atoms with Crippen molar-refractivity contribution in [1.82, 2.24) is 15.0 Å². The first kappa shape index (κ1) is 27.6. The molecule has 0 amide bonds. The van der Waals surface area contributed by atoms with E-state index in [2.05, 4.69) is 18.2 Å². The highest BCUT2D eigenvalue weighted by molar-refractivity contribution is 6.47. The van der Waals surface area contributed by atoms with Gasteiger partial charge in [-0.1, -0.05) is 48.5 Å². The van der Waals surface area contributed by atoms with Crippen LogP contribution in [0.25, 0.3) is 22.3 Å². The smallest absolute Gasteiger partial charge is 0.0831 e. The number of aliphatic imine (C=N–C) groups is 4. The third kappa shape index (κ3) is 4.91. The maximum absolute atomic E-state index is 5.27. The van der Waals surface area contributed by atoms with E-state index >= 15 is 0 Å². The first-order valence-corrected chi connectivity index (χ1v) is 15.6. The Kier molecular flexibility index (Phi) is 6.64. The second-order valence-corrected chi connectivity index (χ2v) is 11.4. The van der Waals surface area contributed by atoms with Crippen LogP contribution in [-0.4, -0.2) is 37.8 Å². The van der Waals surface area contributed by atoms with Crippen LogP contribution in [0.15, 0.2) is 195 Å². The molecule has 224 valence electrons. The van der Waals surface area contributed by atoms with Gasteiger partial charge in [0, 0.05) is 24.2 Å². The second-order valence-electron chi connectivity index (χ2n) is 11.4. The van der Waals surface area contributed by atoms with Crippen molar-refractivity contribution in [3.05, 3.63) is 198 Å². The Morgan fingerprint density at radius 3 is 1.50 bits per heavy atom. The van der Waals surface area contributed by atoms with Crippen molar-refractivity contribution in [3.63, 3.8) is 0 Å². The van der Waals surface area contributed by atoms with E-state index in [1.54, 1.807) is 18.6 Å². The van der Waals surface area contributed by atoms with Gasteiger partial charge in [0.2, 0.25) is 0 Å². The molecule has 8 heterocycles. The Bertz CT molecular complexity index is 2380. The Morgan fingerprint density at radius 2 is 0.917 bits per heavy atom. The van der Waals surface area contributed by atoms with Gasteiger partial charge in [-0.3, -0.25) is 15.0 Å². The fraction of sp³-hybridized carbons (Fsp3) is 0. The summed E-state index contributed by atoms with van der Waals surface area (Å²) in [4.78, 5) is 35.0. The highest BCUT2D eigenvalue weighted by Gasteiger charge is 2.29. The molecule has 1 aromatic carbocycles. The van der Waals surface area contributed by atoms with Gasteiger partial charge in [0.05, 0.1) is 79.4 Å². The van der Waals surface area contributed by atoms with E-state index in [9.17, 15) is 0 Å². The molecular formula is C41H25N7. The fourth-order valence-corrected chi connectivity index (χ4v) is 6.26. The van der Waals surface area contributed by atoms with Gasteiger partial charge in [0.25, 0.3) is 0 Å². The van der Waals surface area contributed by atoms with Crippen molar-refractivity contribution in [2.75, 3.05) is 0 Å². The zero-order valence-corrected chi connectivity index (χ0v) is 25.6. The predicted octanol–water partition coefficient (Wildman–Crippen LogP) is 7.87. The number of fused-ring (bicyclic) bond motifs is 4. The summed E-state index contributed by atoms with van der Waals surface area (Å²) in [6, 6.07) is 28.0. The molecule has 7 heteroatoms. The predicted molar refractivity (Wildman–Crippen MR) is 193 cm³/mol. The third-order valence-corrected chi connectivity index (χ3v) is 8.39. The van der Waals surface area contributed by atoms with E-state index in [4.69, 9.17) is 34.9 Å². The van der Waals surface area contributed by atoms with Gasteiger partial charge >= 0.3 is 0 Å². The highest BCUT2D eigenvalue weighted by atomic mass is 14.9. The molecule has 4 aromatic rings. The van der Waals surface area contributed by atoms with Gasteiger partial charge in [0.15, 0.2) is 0 Å². The Balaban J connectivity index is 1.36. The van der Waals surface area contributed by atoms with E-state index < -0.39 is 0 Å². The SMILES string of the molecule is C1=CC2=C(c3ccccn3)C3=NC(=C(c4ccccn4)C4=NC(=C(c5ccccn5)C5=NC(=CC1=N2)C=C5c1ccccc1)C=C4)C=C3. The minimum atomic E-state index is 0.751. The lowest BCUT2D eigenvalue weighted by Gasteiger charge is -2.13. The molecule has 0 N–H and O–H groups in total. The number of aromatic nitrogens is 3. The summed E-state index contributed by atoms with van der Waals surface area (Å²) in [5, 5.41) is 0. The third-order valence-electron chi connectivity index (χ3n) is 8.39. The lowest BCUT2D eigenvalue weighted by atomic mass is 9.93. The Labute approximate surface area is 277 Å². The number of pyridine rings is 3. The average molecular weight is 616 g/mol. The van der Waals surface area contributed by atoms with E-state index in [1.807, 2.05) is 115 Å². The van der Waals surface area contributed by atoms with Gasteiger partial charge in [-0.05, 0) is 90.6 Å². The second kappa shape index (κ2) is 11.6. The molecule has 0 saturated carbocycles. The lowest BCUT2D eigenvalue weighted by molar-refractivity contribution is 1.26. The molecule has 0 unspecified atom stereocenters. The Morgan fingerprint density at radius 1 is 0.396 bits per heavy atom. The van der Waals surface area contributed by atoms with E-state index in [-0.39, 0.29) is 0 Å². The van der Waals surface area contributed by atoms with Gasteiger partial charge < -0.3 is 0 Å². The van der Waals surface area contributed by atoms with E-state index in [0.717, 1.165) is 90.6 Å². The van der Waals surface area contributed by atoms with E-state index in [0.29, 0.717) is 0 Å².